The topological polar surface area (TPSA) is 3.24 Å². The van der Waals surface area contributed by atoms with Gasteiger partial charge in [-0.15, -0.1) is 0 Å². The molecule has 0 radical (unpaired) electrons. The predicted molar refractivity (Wildman–Crippen MR) is 82.5 cm³/mol. The molecule has 0 saturated carbocycles. The smallest absolute Gasteiger partial charge is 0.0444 e. The Morgan fingerprint density at radius 1 is 0.947 bits per heavy atom. The van der Waals surface area contributed by atoms with Crippen LogP contribution in [0.5, 0.6) is 0 Å². The van der Waals surface area contributed by atoms with Crippen LogP contribution < -0.4 is 0 Å². The van der Waals surface area contributed by atoms with E-state index in [0.29, 0.717) is 6.04 Å². The molecule has 0 bridgehead atoms. The van der Waals surface area contributed by atoms with Crippen molar-refractivity contribution in [3.05, 3.63) is 44.5 Å². The van der Waals surface area contributed by atoms with E-state index in [1.165, 1.54) is 28.7 Å². The second-order valence-corrected chi connectivity index (χ2v) is 6.66. The molecule has 0 atom stereocenters. The molecule has 0 unspecified atom stereocenters. The minimum atomic E-state index is 0.549. The van der Waals surface area contributed by atoms with Gasteiger partial charge in [0.05, 0.1) is 0 Å². The molecule has 0 amide bonds. The Morgan fingerprint density at radius 2 is 1.42 bits per heavy atom. The van der Waals surface area contributed by atoms with Gasteiger partial charge >= 0.3 is 0 Å². The lowest BCUT2D eigenvalue weighted by Crippen LogP contribution is -2.28. The molecule has 1 heterocycles. The van der Waals surface area contributed by atoms with Crippen LogP contribution in [0.15, 0.2) is 44.5 Å². The molecule has 0 spiro atoms. The number of hydrogen-bond donors (Lipinski definition) is 0. The fourth-order valence-electron chi connectivity index (χ4n) is 3.09. The molecule has 2 aliphatic carbocycles. The van der Waals surface area contributed by atoms with E-state index in [2.05, 4.69) is 30.9 Å². The SMILES string of the molecule is CC(C)N1CC2=C(C=C(Cl)C3=C(CCC3)C(Cl)=C2)C1. The highest BCUT2D eigenvalue weighted by molar-refractivity contribution is 6.34. The van der Waals surface area contributed by atoms with E-state index in [0.717, 1.165) is 36.0 Å². The molecule has 1 aliphatic heterocycles. The van der Waals surface area contributed by atoms with E-state index in [1.807, 2.05) is 0 Å². The molecule has 3 aliphatic rings. The standard InChI is InChI=1S/C16H19Cl2N/c1-10(2)19-8-11-6-15(17)13-4-3-5-14(13)16(18)7-12(11)9-19/h6-7,10H,3-5,8-9H2,1-2H3. The van der Waals surface area contributed by atoms with Gasteiger partial charge in [0, 0.05) is 29.2 Å². The Morgan fingerprint density at radius 3 is 1.84 bits per heavy atom. The summed E-state index contributed by atoms with van der Waals surface area (Å²) in [5, 5.41) is 1.80. The van der Waals surface area contributed by atoms with Crippen LogP contribution in [0.2, 0.25) is 0 Å². The molecule has 0 N–H and O–H groups in total. The Kier molecular flexibility index (Phi) is 3.63. The summed E-state index contributed by atoms with van der Waals surface area (Å²) in [6.07, 6.45) is 7.62. The summed E-state index contributed by atoms with van der Waals surface area (Å²) in [4.78, 5) is 2.45. The predicted octanol–water partition coefficient (Wildman–Crippen LogP) is 4.75. The molecule has 0 aromatic rings. The molecular weight excluding hydrogens is 277 g/mol. The van der Waals surface area contributed by atoms with Crippen LogP contribution in [0.25, 0.3) is 0 Å². The first-order chi connectivity index (χ1) is 9.06. The van der Waals surface area contributed by atoms with Gasteiger partial charge in [-0.05, 0) is 67.6 Å². The zero-order valence-electron chi connectivity index (χ0n) is 11.5. The van der Waals surface area contributed by atoms with Gasteiger partial charge in [-0.25, -0.2) is 0 Å². The van der Waals surface area contributed by atoms with Crippen LogP contribution in [-0.4, -0.2) is 24.0 Å². The van der Waals surface area contributed by atoms with Crippen molar-refractivity contribution in [3.8, 4) is 0 Å². The normalized spacial score (nSPS) is 24.3. The van der Waals surface area contributed by atoms with E-state index in [9.17, 15) is 0 Å². The summed E-state index contributed by atoms with van der Waals surface area (Å²) in [6, 6.07) is 0.549. The van der Waals surface area contributed by atoms with Gasteiger partial charge in [-0.1, -0.05) is 23.2 Å². The van der Waals surface area contributed by atoms with Gasteiger partial charge in [0.25, 0.3) is 0 Å². The van der Waals surface area contributed by atoms with Crippen molar-refractivity contribution in [2.24, 2.45) is 0 Å². The zero-order chi connectivity index (χ0) is 13.6. The molecule has 1 nitrogen and oxygen atoms in total. The minimum absolute atomic E-state index is 0.549. The maximum atomic E-state index is 6.52. The van der Waals surface area contributed by atoms with Gasteiger partial charge in [0.2, 0.25) is 0 Å². The lowest BCUT2D eigenvalue weighted by atomic mass is 10.0. The van der Waals surface area contributed by atoms with Crippen molar-refractivity contribution >= 4 is 23.2 Å². The van der Waals surface area contributed by atoms with Gasteiger partial charge in [0.1, 0.15) is 0 Å². The number of rotatable bonds is 1. The quantitative estimate of drug-likeness (QED) is 0.675. The van der Waals surface area contributed by atoms with E-state index in [-0.39, 0.29) is 0 Å². The fourth-order valence-corrected chi connectivity index (χ4v) is 3.77. The maximum absolute atomic E-state index is 6.52. The van der Waals surface area contributed by atoms with Crippen molar-refractivity contribution in [3.63, 3.8) is 0 Å². The molecule has 0 saturated heterocycles. The molecule has 0 aromatic heterocycles. The molecule has 0 aromatic carbocycles. The van der Waals surface area contributed by atoms with Crippen molar-refractivity contribution in [1.29, 1.82) is 0 Å². The van der Waals surface area contributed by atoms with Gasteiger partial charge in [0.15, 0.2) is 0 Å². The van der Waals surface area contributed by atoms with E-state index >= 15 is 0 Å². The first-order valence-electron chi connectivity index (χ1n) is 6.99. The van der Waals surface area contributed by atoms with Gasteiger partial charge < -0.3 is 0 Å². The monoisotopic (exact) mass is 295 g/mol. The van der Waals surface area contributed by atoms with Crippen molar-refractivity contribution in [2.45, 2.75) is 39.2 Å². The summed E-state index contributed by atoms with van der Waals surface area (Å²) in [5.41, 5.74) is 5.18. The highest BCUT2D eigenvalue weighted by Gasteiger charge is 2.26. The van der Waals surface area contributed by atoms with Crippen molar-refractivity contribution in [2.75, 3.05) is 13.1 Å². The number of halogens is 2. The van der Waals surface area contributed by atoms with Crippen molar-refractivity contribution < 1.29 is 0 Å². The van der Waals surface area contributed by atoms with Crippen LogP contribution in [-0.2, 0) is 0 Å². The van der Waals surface area contributed by atoms with Crippen molar-refractivity contribution in [1.82, 2.24) is 4.90 Å². The fraction of sp³-hybridized carbons (Fsp3) is 0.500. The summed E-state index contributed by atoms with van der Waals surface area (Å²) in [5.74, 6) is 0. The number of allylic oxidation sites excluding steroid dienone is 4. The molecule has 3 rings (SSSR count). The Balaban J connectivity index is 2.00. The van der Waals surface area contributed by atoms with Gasteiger partial charge in [-0.2, -0.15) is 0 Å². The summed E-state index contributed by atoms with van der Waals surface area (Å²) >= 11 is 13.0. The molecule has 3 heteroatoms. The highest BCUT2D eigenvalue weighted by atomic mass is 35.5. The van der Waals surface area contributed by atoms with E-state index in [1.54, 1.807) is 0 Å². The average Bonchev–Trinajstić information content (AvgIpc) is 2.95. The number of hydrogen-bond acceptors (Lipinski definition) is 1. The third kappa shape index (κ3) is 2.44. The first-order valence-corrected chi connectivity index (χ1v) is 7.75. The lowest BCUT2D eigenvalue weighted by molar-refractivity contribution is 0.283. The van der Waals surface area contributed by atoms with E-state index < -0.39 is 0 Å². The zero-order valence-corrected chi connectivity index (χ0v) is 13.0. The second-order valence-electron chi connectivity index (χ2n) is 5.84. The Hall–Kier alpha value is -0.500. The summed E-state index contributed by atoms with van der Waals surface area (Å²) in [6.45, 7) is 6.42. The second kappa shape index (κ2) is 5.12. The largest absolute Gasteiger partial charge is 0.292 e. The van der Waals surface area contributed by atoms with Gasteiger partial charge in [-0.3, -0.25) is 4.90 Å². The third-order valence-corrected chi connectivity index (χ3v) is 4.96. The Bertz CT molecular complexity index is 493. The van der Waals surface area contributed by atoms with Crippen LogP contribution in [0, 0.1) is 0 Å². The average molecular weight is 296 g/mol. The maximum Gasteiger partial charge on any atom is 0.0444 e. The third-order valence-electron chi connectivity index (χ3n) is 4.29. The Labute approximate surface area is 125 Å². The first kappa shape index (κ1) is 13.5. The minimum Gasteiger partial charge on any atom is -0.292 e. The number of nitrogens with zero attached hydrogens (tertiary/aromatic N) is 1. The molecule has 0 fully saturated rings. The van der Waals surface area contributed by atoms with Crippen LogP contribution in [0.4, 0.5) is 0 Å². The molecule has 19 heavy (non-hydrogen) atoms. The molecular formula is C16H19Cl2N. The lowest BCUT2D eigenvalue weighted by Gasteiger charge is -2.20. The van der Waals surface area contributed by atoms with Crippen LogP contribution in [0.3, 0.4) is 0 Å². The summed E-state index contributed by atoms with van der Waals surface area (Å²) < 4.78 is 0. The highest BCUT2D eigenvalue weighted by Crippen LogP contribution is 2.41. The summed E-state index contributed by atoms with van der Waals surface area (Å²) in [7, 11) is 0. The van der Waals surface area contributed by atoms with E-state index in [4.69, 9.17) is 23.2 Å². The van der Waals surface area contributed by atoms with Crippen LogP contribution >= 0.6 is 23.2 Å². The van der Waals surface area contributed by atoms with Crippen LogP contribution in [0.1, 0.15) is 33.1 Å². The molecule has 102 valence electrons.